The average molecular weight is 278 g/mol. The molecule has 8 nitrogen and oxygen atoms in total. The van der Waals surface area contributed by atoms with Crippen molar-refractivity contribution in [1.82, 2.24) is 9.03 Å². The highest BCUT2D eigenvalue weighted by atomic mass is 32.2. The number of hydrogen-bond donors (Lipinski definition) is 3. The van der Waals surface area contributed by atoms with Crippen LogP contribution in [0.25, 0.3) is 0 Å². The van der Waals surface area contributed by atoms with Gasteiger partial charge in [0.15, 0.2) is 0 Å². The zero-order chi connectivity index (χ0) is 13.9. The molecule has 1 aliphatic rings. The molecule has 1 amide bonds. The van der Waals surface area contributed by atoms with Gasteiger partial charge in [-0.25, -0.2) is 9.52 Å². The van der Waals surface area contributed by atoms with E-state index in [0.717, 1.165) is 4.31 Å². The molecule has 18 heavy (non-hydrogen) atoms. The smallest absolute Gasteiger partial charge is 0.422 e. The molecule has 0 bridgehead atoms. The van der Waals surface area contributed by atoms with Crippen molar-refractivity contribution in [3.05, 3.63) is 0 Å². The van der Waals surface area contributed by atoms with E-state index in [2.05, 4.69) is 0 Å². The molecule has 0 spiro atoms. The number of amides is 1. The summed E-state index contributed by atoms with van der Waals surface area (Å²) in [6.07, 6.45) is -0.360. The van der Waals surface area contributed by atoms with Crippen molar-refractivity contribution in [2.75, 3.05) is 6.54 Å². The molecule has 0 aliphatic carbocycles. The van der Waals surface area contributed by atoms with E-state index in [4.69, 9.17) is 15.9 Å². The van der Waals surface area contributed by atoms with E-state index in [1.807, 2.05) is 0 Å². The van der Waals surface area contributed by atoms with Crippen LogP contribution in [0.4, 0.5) is 4.79 Å². The van der Waals surface area contributed by atoms with Gasteiger partial charge >= 0.3 is 16.3 Å². The van der Waals surface area contributed by atoms with Gasteiger partial charge in [0, 0.05) is 6.54 Å². The highest BCUT2D eigenvalue weighted by Gasteiger charge is 2.37. The molecule has 1 atom stereocenters. The Balaban J connectivity index is 2.74. The molecule has 9 heteroatoms. The molecule has 1 rings (SSSR count). The molecule has 104 valence electrons. The summed E-state index contributed by atoms with van der Waals surface area (Å²) in [5, 5.41) is 7.33. The molecule has 1 heterocycles. The van der Waals surface area contributed by atoms with Gasteiger partial charge in [0.05, 0.1) is 12.1 Å². The molecule has 1 fully saturated rings. The summed E-state index contributed by atoms with van der Waals surface area (Å²) in [5.41, 5.74) is 5.33. The van der Waals surface area contributed by atoms with Crippen LogP contribution in [0.3, 0.4) is 0 Å². The number of ether oxygens (including phenoxy) is 1. The number of carbonyl (C=O) groups excluding carboxylic acids is 1. The number of amidine groups is 1. The summed E-state index contributed by atoms with van der Waals surface area (Å²) in [6.45, 7) is 3.45. The number of nitrogens with zero attached hydrogens (tertiary/aromatic N) is 1. The lowest BCUT2D eigenvalue weighted by molar-refractivity contribution is 0.121. The van der Waals surface area contributed by atoms with Gasteiger partial charge in [0.25, 0.3) is 0 Å². The Morgan fingerprint density at radius 3 is 2.67 bits per heavy atom. The van der Waals surface area contributed by atoms with E-state index < -0.39 is 28.4 Å². The fourth-order valence-corrected chi connectivity index (χ4v) is 3.04. The molecular weight excluding hydrogens is 260 g/mol. The van der Waals surface area contributed by atoms with E-state index in [-0.39, 0.29) is 12.4 Å². The highest BCUT2D eigenvalue weighted by molar-refractivity contribution is 7.87. The lowest BCUT2D eigenvalue weighted by Crippen LogP contribution is -2.50. The van der Waals surface area contributed by atoms with Crippen molar-refractivity contribution in [2.45, 2.75) is 38.8 Å². The first-order chi connectivity index (χ1) is 8.24. The maximum Gasteiger partial charge on any atom is 0.422 e. The summed E-state index contributed by atoms with van der Waals surface area (Å²) < 4.78 is 31.3. The van der Waals surface area contributed by atoms with Crippen molar-refractivity contribution < 1.29 is 17.9 Å². The molecule has 4 N–H and O–H groups in total. The van der Waals surface area contributed by atoms with Crippen LogP contribution in [0.5, 0.6) is 0 Å². The second-order valence-electron chi connectivity index (χ2n) is 4.29. The van der Waals surface area contributed by atoms with Gasteiger partial charge < -0.3 is 10.5 Å². The van der Waals surface area contributed by atoms with Gasteiger partial charge in [0.2, 0.25) is 0 Å². The van der Waals surface area contributed by atoms with Gasteiger partial charge in [0.1, 0.15) is 5.84 Å². The van der Waals surface area contributed by atoms with Crippen molar-refractivity contribution >= 4 is 22.1 Å². The van der Waals surface area contributed by atoms with E-state index in [1.165, 1.54) is 0 Å². The van der Waals surface area contributed by atoms with Crippen LogP contribution in [-0.4, -0.2) is 43.3 Å². The molecule has 1 saturated heterocycles. The first kappa shape index (κ1) is 14.7. The van der Waals surface area contributed by atoms with Crippen LogP contribution >= 0.6 is 0 Å². The van der Waals surface area contributed by atoms with Crippen LogP contribution < -0.4 is 10.5 Å². The first-order valence-corrected chi connectivity index (χ1v) is 7.02. The zero-order valence-electron chi connectivity index (χ0n) is 10.3. The zero-order valence-corrected chi connectivity index (χ0v) is 11.2. The van der Waals surface area contributed by atoms with Crippen LogP contribution in [0.1, 0.15) is 26.7 Å². The predicted molar refractivity (Wildman–Crippen MR) is 65.3 cm³/mol. The van der Waals surface area contributed by atoms with E-state index in [1.54, 1.807) is 18.6 Å². The summed E-state index contributed by atoms with van der Waals surface area (Å²) >= 11 is 0. The van der Waals surface area contributed by atoms with E-state index in [9.17, 15) is 13.2 Å². The van der Waals surface area contributed by atoms with Gasteiger partial charge in [-0.15, -0.1) is 0 Å². The fourth-order valence-electron chi connectivity index (χ4n) is 1.74. The molecule has 0 aromatic carbocycles. The first-order valence-electron chi connectivity index (χ1n) is 5.58. The Kier molecular flexibility index (Phi) is 4.52. The summed E-state index contributed by atoms with van der Waals surface area (Å²) in [7, 11) is -4.01. The summed E-state index contributed by atoms with van der Waals surface area (Å²) in [4.78, 5) is 11.3. The third-order valence-corrected chi connectivity index (χ3v) is 3.91. The third kappa shape index (κ3) is 3.57. The molecular formula is C9H18N4O4S. The topological polar surface area (TPSA) is 126 Å². The van der Waals surface area contributed by atoms with E-state index in [0.29, 0.717) is 12.8 Å². The average Bonchev–Trinajstić information content (AvgIpc) is 2.63. The minimum atomic E-state index is -4.01. The van der Waals surface area contributed by atoms with Crippen molar-refractivity contribution in [2.24, 2.45) is 5.73 Å². The molecule has 0 aromatic heterocycles. The van der Waals surface area contributed by atoms with Gasteiger partial charge in [-0.2, -0.15) is 12.7 Å². The van der Waals surface area contributed by atoms with Crippen molar-refractivity contribution in [3.63, 3.8) is 0 Å². The molecule has 0 saturated carbocycles. The Morgan fingerprint density at radius 2 is 2.17 bits per heavy atom. The normalized spacial score (nSPS) is 20.9. The fraction of sp³-hybridized carbons (Fsp3) is 0.778. The molecule has 1 unspecified atom stereocenters. The van der Waals surface area contributed by atoms with Crippen molar-refractivity contribution in [1.29, 1.82) is 5.41 Å². The minimum Gasteiger partial charge on any atom is -0.446 e. The number of rotatable bonds is 4. The van der Waals surface area contributed by atoms with Crippen LogP contribution in [0.15, 0.2) is 0 Å². The van der Waals surface area contributed by atoms with Crippen LogP contribution in [0, 0.1) is 5.41 Å². The van der Waals surface area contributed by atoms with Gasteiger partial charge in [-0.3, -0.25) is 5.41 Å². The monoisotopic (exact) mass is 278 g/mol. The quantitative estimate of drug-likeness (QED) is 0.483. The highest BCUT2D eigenvalue weighted by Crippen LogP contribution is 2.19. The molecule has 0 aromatic rings. The maximum absolute atomic E-state index is 11.9. The predicted octanol–water partition coefficient (Wildman–Crippen LogP) is -0.234. The number of hydrogen-bond acceptors (Lipinski definition) is 5. The SMILES string of the molecule is CC(C)OC(=O)NS(=O)(=O)N1CCCC1C(=N)N. The Hall–Kier alpha value is -1.35. The lowest BCUT2D eigenvalue weighted by atomic mass is 10.2. The number of nitrogens with one attached hydrogen (secondary N) is 2. The number of nitrogens with two attached hydrogens (primary N) is 1. The summed E-state index contributed by atoms with van der Waals surface area (Å²) in [6, 6.07) is -0.686. The van der Waals surface area contributed by atoms with E-state index >= 15 is 0 Å². The van der Waals surface area contributed by atoms with Crippen molar-refractivity contribution in [3.8, 4) is 0 Å². The second-order valence-corrected chi connectivity index (χ2v) is 5.91. The Labute approximate surface area is 106 Å². The Morgan fingerprint density at radius 1 is 1.56 bits per heavy atom. The minimum absolute atomic E-state index is 0.227. The van der Waals surface area contributed by atoms with Crippen LogP contribution in [-0.2, 0) is 14.9 Å². The standard InChI is InChI=1S/C9H18N4O4S/c1-6(2)17-9(14)12-18(15,16)13-5-3-4-7(13)8(10)11/h6-7H,3-5H2,1-2H3,(H3,10,11)(H,12,14). The largest absolute Gasteiger partial charge is 0.446 e. The third-order valence-electron chi connectivity index (χ3n) is 2.43. The lowest BCUT2D eigenvalue weighted by Gasteiger charge is -2.23. The second kappa shape index (κ2) is 5.53. The maximum atomic E-state index is 11.9. The Bertz CT molecular complexity index is 434. The van der Waals surface area contributed by atoms with Gasteiger partial charge in [-0.1, -0.05) is 0 Å². The molecule has 1 aliphatic heterocycles. The summed E-state index contributed by atoms with van der Waals surface area (Å²) in [5.74, 6) is -0.227. The van der Waals surface area contributed by atoms with Crippen LogP contribution in [0.2, 0.25) is 0 Å². The number of carbonyl (C=O) groups is 1. The molecule has 0 radical (unpaired) electrons. The van der Waals surface area contributed by atoms with Gasteiger partial charge in [-0.05, 0) is 26.7 Å².